The van der Waals surface area contributed by atoms with Crippen LogP contribution >= 0.6 is 15.9 Å². The van der Waals surface area contributed by atoms with Crippen LogP contribution < -0.4 is 0 Å². The summed E-state index contributed by atoms with van der Waals surface area (Å²) in [5, 5.41) is 0.723. The first-order valence-corrected chi connectivity index (χ1v) is 4.86. The van der Waals surface area contributed by atoms with E-state index in [9.17, 15) is 9.18 Å². The van der Waals surface area contributed by atoms with E-state index in [0.717, 1.165) is 5.39 Å². The molecule has 0 saturated heterocycles. The Morgan fingerprint density at radius 2 is 2.21 bits per heavy atom. The van der Waals surface area contributed by atoms with Gasteiger partial charge in [0, 0.05) is 18.5 Å². The van der Waals surface area contributed by atoms with Crippen LogP contribution in [0.15, 0.2) is 28.9 Å². The van der Waals surface area contributed by atoms with Crippen molar-refractivity contribution in [2.75, 3.05) is 0 Å². The summed E-state index contributed by atoms with van der Waals surface area (Å²) in [6.45, 7) is 1.47. The van der Waals surface area contributed by atoms with E-state index >= 15 is 0 Å². The molecule has 0 atom stereocenters. The monoisotopic (exact) mass is 255 g/mol. The number of carbonyl (C=O) groups is 1. The van der Waals surface area contributed by atoms with Gasteiger partial charge in [-0.05, 0) is 34.1 Å². The highest BCUT2D eigenvalue weighted by Crippen LogP contribution is 2.24. The molecule has 72 valence electrons. The Labute approximate surface area is 88.5 Å². The zero-order chi connectivity index (χ0) is 10.3. The summed E-state index contributed by atoms with van der Waals surface area (Å²) in [4.78, 5) is 11.2. The quantitative estimate of drug-likeness (QED) is 0.709. The second-order valence-electron chi connectivity index (χ2n) is 3.03. The van der Waals surface area contributed by atoms with Crippen molar-refractivity contribution < 1.29 is 9.18 Å². The van der Waals surface area contributed by atoms with Gasteiger partial charge in [-0.2, -0.15) is 0 Å². The molecule has 1 heterocycles. The molecule has 14 heavy (non-hydrogen) atoms. The molecule has 0 saturated carbocycles. The number of nitrogens with zero attached hydrogens (tertiary/aromatic N) is 1. The molecule has 2 nitrogen and oxygen atoms in total. The standard InChI is InChI=1S/C10H7BrFNO/c1-6(14)13-3-2-7-4-9(12)8(11)5-10(7)13/h2-5H,1H3. The minimum atomic E-state index is -0.321. The molecule has 0 bridgehead atoms. The van der Waals surface area contributed by atoms with Gasteiger partial charge < -0.3 is 0 Å². The third-order valence-corrected chi connectivity index (χ3v) is 2.68. The molecule has 0 radical (unpaired) electrons. The molecule has 1 aromatic carbocycles. The maximum absolute atomic E-state index is 13.1. The second kappa shape index (κ2) is 3.20. The molecule has 0 fully saturated rings. The van der Waals surface area contributed by atoms with Crippen molar-refractivity contribution in [2.24, 2.45) is 0 Å². The summed E-state index contributed by atoms with van der Waals surface area (Å²) >= 11 is 3.08. The average Bonchev–Trinajstić information content (AvgIpc) is 2.48. The molecule has 0 amide bonds. The number of hydrogen-bond acceptors (Lipinski definition) is 1. The predicted molar refractivity (Wildman–Crippen MR) is 55.9 cm³/mol. The lowest BCUT2D eigenvalue weighted by Gasteiger charge is -2.00. The molecule has 0 aliphatic heterocycles. The van der Waals surface area contributed by atoms with Crippen LogP contribution in [0.2, 0.25) is 0 Å². The molecule has 0 unspecified atom stereocenters. The fraction of sp³-hybridized carbons (Fsp3) is 0.100. The third-order valence-electron chi connectivity index (χ3n) is 2.07. The molecule has 4 heteroatoms. The maximum atomic E-state index is 13.1. The molecular formula is C10H7BrFNO. The maximum Gasteiger partial charge on any atom is 0.227 e. The van der Waals surface area contributed by atoms with Gasteiger partial charge in [0.25, 0.3) is 0 Å². The molecule has 0 aliphatic carbocycles. The van der Waals surface area contributed by atoms with Crippen LogP contribution in [-0.4, -0.2) is 10.5 Å². The summed E-state index contributed by atoms with van der Waals surface area (Å²) in [6, 6.07) is 4.72. The van der Waals surface area contributed by atoms with Crippen molar-refractivity contribution in [3.05, 3.63) is 34.7 Å². The van der Waals surface area contributed by atoms with Gasteiger partial charge in [-0.1, -0.05) is 0 Å². The van der Waals surface area contributed by atoms with E-state index in [-0.39, 0.29) is 11.7 Å². The Bertz CT molecular complexity index is 518. The van der Waals surface area contributed by atoms with Crippen molar-refractivity contribution >= 4 is 32.7 Å². The van der Waals surface area contributed by atoms with E-state index in [1.54, 1.807) is 18.3 Å². The first-order chi connectivity index (χ1) is 6.59. The molecule has 2 rings (SSSR count). The van der Waals surface area contributed by atoms with Crippen molar-refractivity contribution in [3.8, 4) is 0 Å². The van der Waals surface area contributed by atoms with Crippen LogP contribution in [0.4, 0.5) is 4.39 Å². The van der Waals surface area contributed by atoms with Crippen LogP contribution in [-0.2, 0) is 0 Å². The predicted octanol–water partition coefficient (Wildman–Crippen LogP) is 3.20. The van der Waals surface area contributed by atoms with E-state index in [1.165, 1.54) is 17.6 Å². The van der Waals surface area contributed by atoms with E-state index < -0.39 is 0 Å². The largest absolute Gasteiger partial charge is 0.287 e. The summed E-state index contributed by atoms with van der Waals surface area (Å²) < 4.78 is 15.0. The highest BCUT2D eigenvalue weighted by molar-refractivity contribution is 9.10. The molecular weight excluding hydrogens is 249 g/mol. The fourth-order valence-corrected chi connectivity index (χ4v) is 1.73. The number of benzene rings is 1. The van der Waals surface area contributed by atoms with Crippen molar-refractivity contribution in [1.29, 1.82) is 0 Å². The number of aromatic nitrogens is 1. The third kappa shape index (κ3) is 1.35. The molecule has 2 aromatic rings. The molecule has 0 spiro atoms. The fourth-order valence-electron chi connectivity index (χ4n) is 1.40. The van der Waals surface area contributed by atoms with Gasteiger partial charge in [-0.3, -0.25) is 9.36 Å². The van der Waals surface area contributed by atoms with Gasteiger partial charge in [0.05, 0.1) is 9.99 Å². The number of hydrogen-bond donors (Lipinski definition) is 0. The molecule has 0 N–H and O–H groups in total. The normalized spacial score (nSPS) is 10.8. The summed E-state index contributed by atoms with van der Waals surface area (Å²) in [6.07, 6.45) is 1.64. The van der Waals surface area contributed by atoms with Gasteiger partial charge in [-0.25, -0.2) is 4.39 Å². The number of fused-ring (bicyclic) bond motifs is 1. The van der Waals surface area contributed by atoms with Crippen LogP contribution in [0, 0.1) is 5.82 Å². The van der Waals surface area contributed by atoms with Gasteiger partial charge in [-0.15, -0.1) is 0 Å². The minimum Gasteiger partial charge on any atom is -0.287 e. The first kappa shape index (κ1) is 9.40. The van der Waals surface area contributed by atoms with E-state index in [4.69, 9.17) is 0 Å². The summed E-state index contributed by atoms with van der Waals surface area (Å²) in [7, 11) is 0. The van der Waals surface area contributed by atoms with E-state index in [0.29, 0.717) is 9.99 Å². The van der Waals surface area contributed by atoms with Crippen molar-refractivity contribution in [2.45, 2.75) is 6.92 Å². The number of rotatable bonds is 0. The highest BCUT2D eigenvalue weighted by Gasteiger charge is 2.07. The first-order valence-electron chi connectivity index (χ1n) is 4.06. The van der Waals surface area contributed by atoms with Gasteiger partial charge >= 0.3 is 0 Å². The Morgan fingerprint density at radius 3 is 2.86 bits per heavy atom. The number of halogens is 2. The second-order valence-corrected chi connectivity index (χ2v) is 3.88. The van der Waals surface area contributed by atoms with Gasteiger partial charge in [0.2, 0.25) is 5.91 Å². The Kier molecular flexibility index (Phi) is 2.15. The Balaban J connectivity index is 2.80. The zero-order valence-corrected chi connectivity index (χ0v) is 9.01. The summed E-state index contributed by atoms with van der Waals surface area (Å²) in [5.74, 6) is -0.405. The molecule has 1 aromatic heterocycles. The molecule has 0 aliphatic rings. The van der Waals surface area contributed by atoms with Crippen LogP contribution in [0.3, 0.4) is 0 Å². The van der Waals surface area contributed by atoms with Gasteiger partial charge in [0.15, 0.2) is 0 Å². The highest BCUT2D eigenvalue weighted by atomic mass is 79.9. The minimum absolute atomic E-state index is 0.0847. The summed E-state index contributed by atoms with van der Waals surface area (Å²) in [5.41, 5.74) is 0.714. The Hall–Kier alpha value is -1.16. The van der Waals surface area contributed by atoms with E-state index in [2.05, 4.69) is 15.9 Å². The topological polar surface area (TPSA) is 22.0 Å². The van der Waals surface area contributed by atoms with Crippen molar-refractivity contribution in [1.82, 2.24) is 4.57 Å². The van der Waals surface area contributed by atoms with Crippen LogP contribution in [0.1, 0.15) is 11.7 Å². The SMILES string of the molecule is CC(=O)n1ccc2cc(F)c(Br)cc21. The average molecular weight is 256 g/mol. The van der Waals surface area contributed by atoms with Gasteiger partial charge in [0.1, 0.15) is 5.82 Å². The lowest BCUT2D eigenvalue weighted by Crippen LogP contribution is -2.02. The van der Waals surface area contributed by atoms with Crippen LogP contribution in [0.5, 0.6) is 0 Å². The van der Waals surface area contributed by atoms with E-state index in [1.807, 2.05) is 0 Å². The Morgan fingerprint density at radius 1 is 1.50 bits per heavy atom. The number of carbonyl (C=O) groups excluding carboxylic acids is 1. The van der Waals surface area contributed by atoms with Crippen LogP contribution in [0.25, 0.3) is 10.9 Å². The lowest BCUT2D eigenvalue weighted by atomic mass is 10.2. The van der Waals surface area contributed by atoms with Crippen molar-refractivity contribution in [3.63, 3.8) is 0 Å². The lowest BCUT2D eigenvalue weighted by molar-refractivity contribution is 0.0941. The zero-order valence-electron chi connectivity index (χ0n) is 7.42. The smallest absolute Gasteiger partial charge is 0.227 e.